The number of alkyl halides is 1. The van der Waals surface area contributed by atoms with Gasteiger partial charge in [0.2, 0.25) is 0 Å². The predicted octanol–water partition coefficient (Wildman–Crippen LogP) is 1.70. The predicted molar refractivity (Wildman–Crippen MR) is 64.4 cm³/mol. The number of rotatable bonds is 1. The van der Waals surface area contributed by atoms with Crippen molar-refractivity contribution in [1.29, 1.82) is 0 Å². The molecule has 2 rings (SSSR count). The van der Waals surface area contributed by atoms with E-state index in [1.54, 1.807) is 6.92 Å². The lowest BCUT2D eigenvalue weighted by Gasteiger charge is -2.42. The molecule has 2 bridgehead atoms. The van der Waals surface area contributed by atoms with E-state index in [1.165, 1.54) is 7.11 Å². The fraction of sp³-hybridized carbons (Fsp3) is 0.800. The van der Waals surface area contributed by atoms with Crippen molar-refractivity contribution < 1.29 is 14.3 Å². The van der Waals surface area contributed by atoms with Gasteiger partial charge in [0.15, 0.2) is 11.4 Å². The van der Waals surface area contributed by atoms with Crippen LogP contribution in [0.3, 0.4) is 0 Å². The van der Waals surface area contributed by atoms with Gasteiger partial charge in [0.25, 0.3) is 0 Å². The third-order valence-corrected chi connectivity index (χ3v) is 4.46. The summed E-state index contributed by atoms with van der Waals surface area (Å²) in [5.41, 5.74) is -0.663. The molecule has 0 radical (unpaired) electrons. The standard InChI is InChI=1S/C10H14INO3/c1-6-12-10(9(13)14-2)4-3-7(11)8(5-10)15-6/h7-8H,3-5H2,1-2H3/t7-,8-,10-/m0/s1. The second kappa shape index (κ2) is 3.92. The monoisotopic (exact) mass is 323 g/mol. The number of ether oxygens (including phenoxy) is 2. The molecule has 0 aromatic carbocycles. The molecule has 1 saturated carbocycles. The molecule has 84 valence electrons. The minimum atomic E-state index is -0.663. The van der Waals surface area contributed by atoms with E-state index < -0.39 is 5.54 Å². The van der Waals surface area contributed by atoms with Crippen LogP contribution in [0.15, 0.2) is 4.99 Å². The number of hydrogen-bond donors (Lipinski definition) is 0. The number of aliphatic imine (C=N–C) groups is 1. The zero-order valence-corrected chi connectivity index (χ0v) is 11.0. The van der Waals surface area contributed by atoms with Crippen molar-refractivity contribution in [2.45, 2.75) is 41.8 Å². The van der Waals surface area contributed by atoms with Crippen LogP contribution in [0.5, 0.6) is 0 Å². The lowest BCUT2D eigenvalue weighted by Crippen LogP contribution is -2.52. The van der Waals surface area contributed by atoms with Crippen molar-refractivity contribution in [2.24, 2.45) is 4.99 Å². The number of esters is 1. The molecule has 3 atom stereocenters. The maximum Gasteiger partial charge on any atom is 0.334 e. The first-order valence-corrected chi connectivity index (χ1v) is 6.27. The summed E-state index contributed by atoms with van der Waals surface area (Å²) in [7, 11) is 1.42. The van der Waals surface area contributed by atoms with E-state index >= 15 is 0 Å². The quantitative estimate of drug-likeness (QED) is 0.419. The largest absolute Gasteiger partial charge is 0.477 e. The Morgan fingerprint density at radius 1 is 1.73 bits per heavy atom. The van der Waals surface area contributed by atoms with Crippen molar-refractivity contribution in [3.8, 4) is 0 Å². The van der Waals surface area contributed by atoms with E-state index in [4.69, 9.17) is 9.47 Å². The zero-order chi connectivity index (χ0) is 11.1. The highest BCUT2D eigenvalue weighted by Gasteiger charge is 2.50. The Bertz CT molecular complexity index is 318. The normalized spacial score (nSPS) is 39.0. The summed E-state index contributed by atoms with van der Waals surface area (Å²) in [6.07, 6.45) is 2.49. The van der Waals surface area contributed by atoms with Gasteiger partial charge in [-0.2, -0.15) is 0 Å². The highest BCUT2D eigenvalue weighted by Crippen LogP contribution is 2.40. The molecule has 0 spiro atoms. The van der Waals surface area contributed by atoms with E-state index in [2.05, 4.69) is 27.6 Å². The van der Waals surface area contributed by atoms with Crippen LogP contribution in [0.4, 0.5) is 0 Å². The molecule has 2 aliphatic rings. The van der Waals surface area contributed by atoms with Gasteiger partial charge in [-0.1, -0.05) is 22.6 Å². The average Bonchev–Trinajstić information content (AvgIpc) is 2.22. The van der Waals surface area contributed by atoms with Crippen LogP contribution in [-0.4, -0.2) is 34.5 Å². The lowest BCUT2D eigenvalue weighted by atomic mass is 9.79. The third-order valence-electron chi connectivity index (χ3n) is 3.03. The first kappa shape index (κ1) is 11.2. The molecule has 1 aliphatic heterocycles. The van der Waals surface area contributed by atoms with Crippen molar-refractivity contribution in [3.05, 3.63) is 0 Å². The van der Waals surface area contributed by atoms with Crippen LogP contribution >= 0.6 is 22.6 Å². The molecule has 0 aromatic rings. The molecule has 1 fully saturated rings. The molecule has 0 saturated heterocycles. The fourth-order valence-electron chi connectivity index (χ4n) is 2.31. The van der Waals surface area contributed by atoms with Crippen LogP contribution in [0.25, 0.3) is 0 Å². The highest BCUT2D eigenvalue weighted by atomic mass is 127. The number of carbonyl (C=O) groups is 1. The van der Waals surface area contributed by atoms with Crippen LogP contribution < -0.4 is 0 Å². The first-order valence-electron chi connectivity index (χ1n) is 5.03. The molecule has 0 N–H and O–H groups in total. The summed E-state index contributed by atoms with van der Waals surface area (Å²) < 4.78 is 10.9. The number of fused-ring (bicyclic) bond motifs is 2. The fourth-order valence-corrected chi connectivity index (χ4v) is 3.02. The molecule has 5 heteroatoms. The summed E-state index contributed by atoms with van der Waals surface area (Å²) in [6, 6.07) is 0. The smallest absolute Gasteiger partial charge is 0.334 e. The highest BCUT2D eigenvalue weighted by molar-refractivity contribution is 14.1. The van der Waals surface area contributed by atoms with E-state index in [0.717, 1.165) is 12.8 Å². The third kappa shape index (κ3) is 1.86. The van der Waals surface area contributed by atoms with E-state index in [0.29, 0.717) is 16.2 Å². The number of carbonyl (C=O) groups excluding carboxylic acids is 1. The average molecular weight is 323 g/mol. The molecule has 15 heavy (non-hydrogen) atoms. The van der Waals surface area contributed by atoms with Gasteiger partial charge in [0.1, 0.15) is 6.10 Å². The Kier molecular flexibility index (Phi) is 2.92. The summed E-state index contributed by atoms with van der Waals surface area (Å²) >= 11 is 2.38. The van der Waals surface area contributed by atoms with Crippen LogP contribution in [0.2, 0.25) is 0 Å². The van der Waals surface area contributed by atoms with Gasteiger partial charge in [-0.3, -0.25) is 0 Å². The lowest BCUT2D eigenvalue weighted by molar-refractivity contribution is -0.150. The minimum Gasteiger partial charge on any atom is -0.477 e. The number of nitrogens with zero attached hydrogens (tertiary/aromatic N) is 1. The van der Waals surface area contributed by atoms with Gasteiger partial charge in [-0.05, 0) is 12.8 Å². The van der Waals surface area contributed by atoms with Gasteiger partial charge < -0.3 is 9.47 Å². The maximum absolute atomic E-state index is 11.8. The SMILES string of the molecule is COC(=O)[C@]12CC[C@H](I)[C@H](C1)OC(C)=N2. The molecule has 0 unspecified atom stereocenters. The van der Waals surface area contributed by atoms with Crippen LogP contribution in [0, 0.1) is 0 Å². The Morgan fingerprint density at radius 2 is 2.47 bits per heavy atom. The topological polar surface area (TPSA) is 47.9 Å². The molecule has 0 amide bonds. The van der Waals surface area contributed by atoms with E-state index in [9.17, 15) is 4.79 Å². The van der Waals surface area contributed by atoms with E-state index in [-0.39, 0.29) is 12.1 Å². The minimum absolute atomic E-state index is 0.107. The Morgan fingerprint density at radius 3 is 3.13 bits per heavy atom. The number of halogens is 1. The van der Waals surface area contributed by atoms with Crippen molar-refractivity contribution in [2.75, 3.05) is 7.11 Å². The summed E-state index contributed by atoms with van der Waals surface area (Å²) in [5.74, 6) is 0.386. The summed E-state index contributed by atoms with van der Waals surface area (Å²) in [4.78, 5) is 16.1. The van der Waals surface area contributed by atoms with Gasteiger partial charge in [0.05, 0.1) is 7.11 Å². The number of hydrogen-bond acceptors (Lipinski definition) is 4. The second-order valence-corrected chi connectivity index (χ2v) is 5.67. The Balaban J connectivity index is 2.32. The van der Waals surface area contributed by atoms with Gasteiger partial charge in [-0.25, -0.2) is 9.79 Å². The summed E-state index contributed by atoms with van der Waals surface area (Å²) in [6.45, 7) is 1.80. The van der Waals surface area contributed by atoms with Crippen molar-refractivity contribution in [3.63, 3.8) is 0 Å². The van der Waals surface area contributed by atoms with E-state index in [1.807, 2.05) is 0 Å². The Labute approximate surface area is 103 Å². The van der Waals surface area contributed by atoms with Gasteiger partial charge in [-0.15, -0.1) is 0 Å². The van der Waals surface area contributed by atoms with Gasteiger partial charge >= 0.3 is 5.97 Å². The molecule has 4 nitrogen and oxygen atoms in total. The van der Waals surface area contributed by atoms with Crippen molar-refractivity contribution in [1.82, 2.24) is 0 Å². The molecular formula is C10H14INO3. The van der Waals surface area contributed by atoms with Gasteiger partial charge in [0, 0.05) is 17.3 Å². The first-order chi connectivity index (χ1) is 7.07. The maximum atomic E-state index is 11.8. The molecular weight excluding hydrogens is 309 g/mol. The summed E-state index contributed by atoms with van der Waals surface area (Å²) in [5, 5.41) is 0. The van der Waals surface area contributed by atoms with Crippen LogP contribution in [-0.2, 0) is 14.3 Å². The second-order valence-electron chi connectivity index (χ2n) is 4.07. The zero-order valence-electron chi connectivity index (χ0n) is 8.83. The Hall–Kier alpha value is -0.330. The molecule has 1 aliphatic carbocycles. The van der Waals surface area contributed by atoms with Crippen molar-refractivity contribution >= 4 is 34.5 Å². The molecule has 1 heterocycles. The molecule has 0 aromatic heterocycles. The van der Waals surface area contributed by atoms with Crippen LogP contribution in [0.1, 0.15) is 26.2 Å². The number of methoxy groups -OCH3 is 1.